The molecule has 0 aliphatic heterocycles. The van der Waals surface area contributed by atoms with E-state index in [-0.39, 0.29) is 0 Å². The summed E-state index contributed by atoms with van der Waals surface area (Å²) in [4.78, 5) is 0. The van der Waals surface area contributed by atoms with Crippen molar-refractivity contribution in [3.8, 4) is 11.1 Å². The van der Waals surface area contributed by atoms with Crippen molar-refractivity contribution >= 4 is 37.1 Å². The monoisotopic (exact) mass is 326 g/mol. The first-order chi connectivity index (χ1) is 11.8. The standard InChI is InChI=1S/C23H18S/c1-3-16(4-2)18-12-8-14-20-21-15-9-13-19(23(21)24-22(18)20)17-10-6-5-7-11-17/h3-15H,1H2,2H3/b16-4+. The third kappa shape index (κ3) is 2.29. The molecule has 116 valence electrons. The summed E-state index contributed by atoms with van der Waals surface area (Å²) >= 11 is 1.88. The van der Waals surface area contributed by atoms with Crippen molar-refractivity contribution in [2.75, 3.05) is 0 Å². The largest absolute Gasteiger partial charge is 0.134 e. The lowest BCUT2D eigenvalue weighted by molar-refractivity contribution is 1.67. The van der Waals surface area contributed by atoms with Gasteiger partial charge >= 0.3 is 0 Å². The predicted octanol–water partition coefficient (Wildman–Crippen LogP) is 7.31. The van der Waals surface area contributed by atoms with Gasteiger partial charge in [-0.05, 0) is 29.2 Å². The number of hydrogen-bond acceptors (Lipinski definition) is 1. The van der Waals surface area contributed by atoms with Gasteiger partial charge in [0, 0.05) is 20.2 Å². The van der Waals surface area contributed by atoms with Crippen LogP contribution in [0.4, 0.5) is 0 Å². The average molecular weight is 326 g/mol. The van der Waals surface area contributed by atoms with Crippen molar-refractivity contribution < 1.29 is 0 Å². The van der Waals surface area contributed by atoms with E-state index in [1.807, 2.05) is 17.4 Å². The first-order valence-corrected chi connectivity index (χ1v) is 8.94. The molecule has 3 aromatic carbocycles. The van der Waals surface area contributed by atoms with Crippen LogP contribution in [0.25, 0.3) is 36.9 Å². The molecule has 0 N–H and O–H groups in total. The fourth-order valence-electron chi connectivity index (χ4n) is 3.28. The highest BCUT2D eigenvalue weighted by atomic mass is 32.1. The SMILES string of the molecule is C=C/C(=C\C)c1cccc2c1sc1c(-c3ccccc3)cccc12. The molecule has 24 heavy (non-hydrogen) atoms. The third-order valence-corrected chi connectivity index (χ3v) is 5.74. The summed E-state index contributed by atoms with van der Waals surface area (Å²) in [5.74, 6) is 0. The van der Waals surface area contributed by atoms with Crippen molar-refractivity contribution in [3.05, 3.63) is 91.0 Å². The van der Waals surface area contributed by atoms with E-state index in [0.717, 1.165) is 0 Å². The number of thiophene rings is 1. The maximum absolute atomic E-state index is 3.97. The van der Waals surface area contributed by atoms with Crippen LogP contribution in [0.5, 0.6) is 0 Å². The van der Waals surface area contributed by atoms with E-state index in [1.54, 1.807) is 0 Å². The van der Waals surface area contributed by atoms with E-state index in [2.05, 4.69) is 86.3 Å². The lowest BCUT2D eigenvalue weighted by Crippen LogP contribution is -1.80. The Morgan fingerprint density at radius 1 is 0.833 bits per heavy atom. The van der Waals surface area contributed by atoms with Crippen LogP contribution in [0.3, 0.4) is 0 Å². The molecule has 0 aliphatic carbocycles. The van der Waals surface area contributed by atoms with E-state index >= 15 is 0 Å². The summed E-state index contributed by atoms with van der Waals surface area (Å²) in [5, 5.41) is 2.66. The number of benzene rings is 3. The van der Waals surface area contributed by atoms with Crippen molar-refractivity contribution in [1.82, 2.24) is 0 Å². The van der Waals surface area contributed by atoms with Gasteiger partial charge in [0.05, 0.1) is 0 Å². The molecule has 0 spiro atoms. The van der Waals surface area contributed by atoms with Crippen LogP contribution >= 0.6 is 11.3 Å². The summed E-state index contributed by atoms with van der Waals surface area (Å²) in [6.07, 6.45) is 4.07. The average Bonchev–Trinajstić information content (AvgIpc) is 3.03. The molecule has 1 heteroatoms. The summed E-state index contributed by atoms with van der Waals surface area (Å²) in [7, 11) is 0. The van der Waals surface area contributed by atoms with Crippen molar-refractivity contribution in [2.24, 2.45) is 0 Å². The fourth-order valence-corrected chi connectivity index (χ4v) is 4.65. The number of hydrogen-bond donors (Lipinski definition) is 0. The van der Waals surface area contributed by atoms with E-state index in [1.165, 1.54) is 42.4 Å². The molecule has 0 bridgehead atoms. The third-order valence-electron chi connectivity index (χ3n) is 4.45. The van der Waals surface area contributed by atoms with Gasteiger partial charge < -0.3 is 0 Å². The zero-order valence-corrected chi connectivity index (χ0v) is 14.4. The van der Waals surface area contributed by atoms with Crippen LogP contribution in [-0.2, 0) is 0 Å². The number of fused-ring (bicyclic) bond motifs is 3. The summed E-state index contributed by atoms with van der Waals surface area (Å²) in [6.45, 7) is 6.04. The molecule has 0 fully saturated rings. The molecule has 0 saturated carbocycles. The van der Waals surface area contributed by atoms with Crippen molar-refractivity contribution in [3.63, 3.8) is 0 Å². The summed E-state index contributed by atoms with van der Waals surface area (Å²) < 4.78 is 2.69. The predicted molar refractivity (Wildman–Crippen MR) is 109 cm³/mol. The van der Waals surface area contributed by atoms with E-state index in [4.69, 9.17) is 0 Å². The van der Waals surface area contributed by atoms with E-state index in [0.29, 0.717) is 0 Å². The minimum absolute atomic E-state index is 1.19. The van der Waals surface area contributed by atoms with Gasteiger partial charge in [-0.15, -0.1) is 11.3 Å². The Kier molecular flexibility index (Phi) is 3.79. The zero-order chi connectivity index (χ0) is 16.5. The Bertz CT molecular complexity index is 1070. The van der Waals surface area contributed by atoms with E-state index in [9.17, 15) is 0 Å². The van der Waals surface area contributed by atoms with Crippen molar-refractivity contribution in [2.45, 2.75) is 6.92 Å². The Balaban J connectivity index is 2.09. The lowest BCUT2D eigenvalue weighted by atomic mass is 10.0. The quantitative estimate of drug-likeness (QED) is 0.346. The van der Waals surface area contributed by atoms with Crippen LogP contribution in [0.2, 0.25) is 0 Å². The highest BCUT2D eigenvalue weighted by molar-refractivity contribution is 7.26. The molecule has 1 heterocycles. The molecule has 0 radical (unpaired) electrons. The van der Waals surface area contributed by atoms with Crippen LogP contribution in [0.15, 0.2) is 85.5 Å². The van der Waals surface area contributed by atoms with Crippen molar-refractivity contribution in [1.29, 1.82) is 0 Å². The zero-order valence-electron chi connectivity index (χ0n) is 13.6. The molecule has 0 unspecified atom stereocenters. The molecule has 0 amide bonds. The van der Waals surface area contributed by atoms with Gasteiger partial charge in [-0.25, -0.2) is 0 Å². The maximum atomic E-state index is 3.97. The van der Waals surface area contributed by atoms with Gasteiger partial charge in [0.2, 0.25) is 0 Å². The Morgan fingerprint density at radius 2 is 1.54 bits per heavy atom. The second-order valence-corrected chi connectivity index (χ2v) is 6.80. The van der Waals surface area contributed by atoms with Crippen LogP contribution in [0.1, 0.15) is 12.5 Å². The fraction of sp³-hybridized carbons (Fsp3) is 0.0435. The van der Waals surface area contributed by atoms with Gasteiger partial charge in [0.15, 0.2) is 0 Å². The maximum Gasteiger partial charge on any atom is 0.0434 e. The molecule has 0 atom stereocenters. The first-order valence-electron chi connectivity index (χ1n) is 8.12. The number of allylic oxidation sites excluding steroid dienone is 3. The Hall–Kier alpha value is -2.64. The van der Waals surface area contributed by atoms with Gasteiger partial charge in [-0.3, -0.25) is 0 Å². The van der Waals surface area contributed by atoms with E-state index < -0.39 is 0 Å². The molecule has 0 aliphatic rings. The molecule has 4 aromatic rings. The second-order valence-electron chi connectivity index (χ2n) is 5.78. The van der Waals surface area contributed by atoms with Crippen LogP contribution in [0, 0.1) is 0 Å². The minimum atomic E-state index is 1.19. The smallest absolute Gasteiger partial charge is 0.0434 e. The van der Waals surface area contributed by atoms with Gasteiger partial charge in [0.25, 0.3) is 0 Å². The van der Waals surface area contributed by atoms with Crippen LogP contribution < -0.4 is 0 Å². The highest BCUT2D eigenvalue weighted by Gasteiger charge is 2.13. The minimum Gasteiger partial charge on any atom is -0.134 e. The highest BCUT2D eigenvalue weighted by Crippen LogP contribution is 2.42. The van der Waals surface area contributed by atoms with Gasteiger partial charge in [-0.1, -0.05) is 85.5 Å². The summed E-state index contributed by atoms with van der Waals surface area (Å²) in [6, 6.07) is 23.8. The topological polar surface area (TPSA) is 0 Å². The normalized spacial score (nSPS) is 12.0. The lowest BCUT2D eigenvalue weighted by Gasteiger charge is -2.03. The molecular weight excluding hydrogens is 308 g/mol. The Labute approximate surface area is 146 Å². The molecule has 4 rings (SSSR count). The molecule has 1 aromatic heterocycles. The van der Waals surface area contributed by atoms with Crippen LogP contribution in [-0.4, -0.2) is 0 Å². The summed E-state index contributed by atoms with van der Waals surface area (Å²) in [5.41, 5.74) is 5.03. The number of rotatable bonds is 3. The Morgan fingerprint density at radius 3 is 2.25 bits per heavy atom. The molecule has 0 saturated heterocycles. The molecule has 0 nitrogen and oxygen atoms in total. The molecular formula is C23H18S. The van der Waals surface area contributed by atoms with Gasteiger partial charge in [0.1, 0.15) is 0 Å². The van der Waals surface area contributed by atoms with Gasteiger partial charge in [-0.2, -0.15) is 0 Å². The first kappa shape index (κ1) is 14.9. The second kappa shape index (κ2) is 6.10.